The molecule has 0 aliphatic heterocycles. The second-order valence-corrected chi connectivity index (χ2v) is 4.32. The zero-order valence-electron chi connectivity index (χ0n) is 7.45. The van der Waals surface area contributed by atoms with Crippen molar-refractivity contribution in [2.45, 2.75) is 50.7 Å². The van der Waals surface area contributed by atoms with Gasteiger partial charge in [0.05, 0.1) is 12.2 Å². The Balaban J connectivity index is 2.05. The Labute approximate surface area is 73.6 Å². The lowest BCUT2D eigenvalue weighted by molar-refractivity contribution is -0.0608. The van der Waals surface area contributed by atoms with Crippen molar-refractivity contribution in [3.8, 4) is 0 Å². The van der Waals surface area contributed by atoms with Crippen molar-refractivity contribution >= 4 is 0 Å². The second kappa shape index (κ2) is 3.35. The molecule has 2 aliphatic carbocycles. The van der Waals surface area contributed by atoms with Crippen LogP contribution in [0.25, 0.3) is 0 Å². The number of hydrogen-bond acceptors (Lipinski definition) is 2. The van der Waals surface area contributed by atoms with Crippen molar-refractivity contribution in [3.63, 3.8) is 0 Å². The zero-order chi connectivity index (χ0) is 8.55. The van der Waals surface area contributed by atoms with Crippen LogP contribution in [0.15, 0.2) is 0 Å². The fourth-order valence-electron chi connectivity index (χ4n) is 2.91. The smallest absolute Gasteiger partial charge is 0.0573 e. The summed E-state index contributed by atoms with van der Waals surface area (Å²) >= 11 is 0. The first-order chi connectivity index (χ1) is 5.79. The fourth-order valence-corrected chi connectivity index (χ4v) is 2.91. The summed E-state index contributed by atoms with van der Waals surface area (Å²) < 4.78 is 0. The van der Waals surface area contributed by atoms with Crippen molar-refractivity contribution in [1.29, 1.82) is 0 Å². The summed E-state index contributed by atoms with van der Waals surface area (Å²) in [7, 11) is 0. The molecule has 12 heavy (non-hydrogen) atoms. The molecule has 2 nitrogen and oxygen atoms in total. The minimum Gasteiger partial charge on any atom is -0.393 e. The Morgan fingerprint density at radius 3 is 1.50 bits per heavy atom. The molecular weight excluding hydrogens is 152 g/mol. The van der Waals surface area contributed by atoms with Gasteiger partial charge in [0.15, 0.2) is 0 Å². The van der Waals surface area contributed by atoms with Gasteiger partial charge in [0, 0.05) is 0 Å². The first-order valence-electron chi connectivity index (χ1n) is 5.15. The van der Waals surface area contributed by atoms with E-state index in [9.17, 15) is 10.2 Å². The average Bonchev–Trinajstić information content (AvgIpc) is 2.12. The van der Waals surface area contributed by atoms with Gasteiger partial charge in [-0.3, -0.25) is 0 Å². The lowest BCUT2D eigenvalue weighted by Gasteiger charge is -2.41. The summed E-state index contributed by atoms with van der Waals surface area (Å²) in [5.74, 6) is 0.810. The maximum absolute atomic E-state index is 9.71. The summed E-state index contributed by atoms with van der Waals surface area (Å²) in [5.41, 5.74) is 0. The number of rotatable bonds is 0. The summed E-state index contributed by atoms with van der Waals surface area (Å²) in [5, 5.41) is 19.4. The molecule has 2 saturated carbocycles. The molecule has 0 spiro atoms. The Hall–Kier alpha value is -0.0800. The Morgan fingerprint density at radius 2 is 1.08 bits per heavy atom. The molecule has 0 aromatic heterocycles. The SMILES string of the molecule is O[C@H]1CC[C@H](O)[C@@H]2CCCC[C@H]21. The van der Waals surface area contributed by atoms with E-state index in [0.29, 0.717) is 11.8 Å². The highest BCUT2D eigenvalue weighted by molar-refractivity contribution is 4.89. The third kappa shape index (κ3) is 1.38. The number of aliphatic hydroxyl groups excluding tert-OH is 2. The van der Waals surface area contributed by atoms with E-state index in [-0.39, 0.29) is 12.2 Å². The monoisotopic (exact) mass is 170 g/mol. The average molecular weight is 170 g/mol. The molecule has 0 aromatic rings. The third-order valence-corrected chi connectivity index (χ3v) is 3.62. The fraction of sp³-hybridized carbons (Fsp3) is 1.00. The molecule has 0 aromatic carbocycles. The lowest BCUT2D eigenvalue weighted by Crippen LogP contribution is -2.42. The van der Waals surface area contributed by atoms with Gasteiger partial charge in [-0.05, 0) is 37.5 Å². The van der Waals surface area contributed by atoms with Crippen molar-refractivity contribution in [2.75, 3.05) is 0 Å². The largest absolute Gasteiger partial charge is 0.393 e. The van der Waals surface area contributed by atoms with E-state index in [4.69, 9.17) is 0 Å². The molecule has 2 N–H and O–H groups in total. The normalized spacial score (nSPS) is 48.5. The summed E-state index contributed by atoms with van der Waals surface area (Å²) in [6, 6.07) is 0. The first kappa shape index (κ1) is 8.52. The van der Waals surface area contributed by atoms with Crippen LogP contribution in [0.1, 0.15) is 38.5 Å². The molecule has 0 radical (unpaired) electrons. The van der Waals surface area contributed by atoms with Crippen LogP contribution < -0.4 is 0 Å². The maximum atomic E-state index is 9.71. The Morgan fingerprint density at radius 1 is 0.667 bits per heavy atom. The van der Waals surface area contributed by atoms with Crippen molar-refractivity contribution in [2.24, 2.45) is 11.8 Å². The van der Waals surface area contributed by atoms with Gasteiger partial charge in [0.2, 0.25) is 0 Å². The summed E-state index contributed by atoms with van der Waals surface area (Å²) in [6.07, 6.45) is 6.10. The highest BCUT2D eigenvalue weighted by atomic mass is 16.3. The van der Waals surface area contributed by atoms with Gasteiger partial charge in [-0.25, -0.2) is 0 Å². The maximum Gasteiger partial charge on any atom is 0.0573 e. The number of fused-ring (bicyclic) bond motifs is 1. The molecule has 4 atom stereocenters. The number of hydrogen-bond donors (Lipinski definition) is 2. The van der Waals surface area contributed by atoms with Crippen molar-refractivity contribution in [3.05, 3.63) is 0 Å². The molecule has 2 aliphatic rings. The summed E-state index contributed by atoms with van der Waals surface area (Å²) in [4.78, 5) is 0. The van der Waals surface area contributed by atoms with E-state index in [1.807, 2.05) is 0 Å². The van der Waals surface area contributed by atoms with Crippen molar-refractivity contribution < 1.29 is 10.2 Å². The van der Waals surface area contributed by atoms with Gasteiger partial charge in [-0.1, -0.05) is 12.8 Å². The van der Waals surface area contributed by atoms with Gasteiger partial charge in [0.25, 0.3) is 0 Å². The van der Waals surface area contributed by atoms with Crippen LogP contribution in [-0.2, 0) is 0 Å². The van der Waals surface area contributed by atoms with Gasteiger partial charge >= 0.3 is 0 Å². The highest BCUT2D eigenvalue weighted by Gasteiger charge is 2.38. The highest BCUT2D eigenvalue weighted by Crippen LogP contribution is 2.40. The predicted molar refractivity (Wildman–Crippen MR) is 46.7 cm³/mol. The Bertz CT molecular complexity index is 140. The topological polar surface area (TPSA) is 40.5 Å². The molecule has 2 rings (SSSR count). The van der Waals surface area contributed by atoms with Crippen LogP contribution >= 0.6 is 0 Å². The van der Waals surface area contributed by atoms with E-state index < -0.39 is 0 Å². The molecule has 70 valence electrons. The molecule has 2 heteroatoms. The third-order valence-electron chi connectivity index (χ3n) is 3.62. The van der Waals surface area contributed by atoms with E-state index in [1.54, 1.807) is 0 Å². The van der Waals surface area contributed by atoms with Crippen LogP contribution in [0.2, 0.25) is 0 Å². The molecule has 2 fully saturated rings. The zero-order valence-corrected chi connectivity index (χ0v) is 7.45. The van der Waals surface area contributed by atoms with Gasteiger partial charge < -0.3 is 10.2 Å². The molecule has 0 saturated heterocycles. The van der Waals surface area contributed by atoms with Crippen LogP contribution in [0.3, 0.4) is 0 Å². The molecule has 0 amide bonds. The van der Waals surface area contributed by atoms with Crippen LogP contribution in [-0.4, -0.2) is 22.4 Å². The van der Waals surface area contributed by atoms with Crippen LogP contribution in [0.4, 0.5) is 0 Å². The summed E-state index contributed by atoms with van der Waals surface area (Å²) in [6.45, 7) is 0. The van der Waals surface area contributed by atoms with Gasteiger partial charge in [-0.15, -0.1) is 0 Å². The first-order valence-corrected chi connectivity index (χ1v) is 5.15. The minimum atomic E-state index is -0.126. The van der Waals surface area contributed by atoms with E-state index in [2.05, 4.69) is 0 Å². The molecular formula is C10H18O2. The predicted octanol–water partition coefficient (Wildman–Crippen LogP) is 1.31. The van der Waals surface area contributed by atoms with Crippen molar-refractivity contribution in [1.82, 2.24) is 0 Å². The van der Waals surface area contributed by atoms with E-state index in [1.165, 1.54) is 12.8 Å². The quantitative estimate of drug-likeness (QED) is 0.575. The van der Waals surface area contributed by atoms with E-state index >= 15 is 0 Å². The second-order valence-electron chi connectivity index (χ2n) is 4.32. The molecule has 0 unspecified atom stereocenters. The minimum absolute atomic E-state index is 0.126. The van der Waals surface area contributed by atoms with E-state index in [0.717, 1.165) is 25.7 Å². The van der Waals surface area contributed by atoms with Crippen LogP contribution in [0.5, 0.6) is 0 Å². The van der Waals surface area contributed by atoms with Crippen LogP contribution in [0, 0.1) is 11.8 Å². The standard InChI is InChI=1S/C10H18O2/c11-9-5-6-10(12)8-4-2-1-3-7(8)9/h7-12H,1-6H2/t7-,8-,9+,10+/m1/s1. The lowest BCUT2D eigenvalue weighted by atomic mass is 9.68. The molecule has 0 bridgehead atoms. The number of aliphatic hydroxyl groups is 2. The van der Waals surface area contributed by atoms with Gasteiger partial charge in [-0.2, -0.15) is 0 Å². The Kier molecular flexibility index (Phi) is 2.37. The molecule has 0 heterocycles. The van der Waals surface area contributed by atoms with Gasteiger partial charge in [0.1, 0.15) is 0 Å².